The number of alkyl carbamates (subject to hydrolysis) is 1. The molecule has 2 heterocycles. The van der Waals surface area contributed by atoms with Crippen molar-refractivity contribution < 1.29 is 28.6 Å². The zero-order chi connectivity index (χ0) is 35.1. The quantitative estimate of drug-likeness (QED) is 0.0992. The van der Waals surface area contributed by atoms with Crippen LogP contribution >= 0.6 is 0 Å². The van der Waals surface area contributed by atoms with Crippen molar-refractivity contribution in [2.45, 2.75) is 64.5 Å². The molecule has 0 unspecified atom stereocenters. The largest absolute Gasteiger partial charge is 0.494 e. The summed E-state index contributed by atoms with van der Waals surface area (Å²) in [5.74, 6) is 0.422. The number of hydrogen-bond acceptors (Lipinski definition) is 8. The van der Waals surface area contributed by atoms with Gasteiger partial charge >= 0.3 is 12.1 Å². The molecule has 1 aliphatic rings. The highest BCUT2D eigenvalue weighted by atomic mass is 16.5. The normalized spacial score (nSPS) is 14.5. The summed E-state index contributed by atoms with van der Waals surface area (Å²) in [5.41, 5.74) is 4.40. The van der Waals surface area contributed by atoms with Gasteiger partial charge in [0.2, 0.25) is 5.91 Å². The highest BCUT2D eigenvalue weighted by Gasteiger charge is 2.35. The van der Waals surface area contributed by atoms with Crippen molar-refractivity contribution >= 4 is 18.0 Å². The predicted octanol–water partition coefficient (Wildman–Crippen LogP) is 7.02. The van der Waals surface area contributed by atoms with E-state index in [9.17, 15) is 14.4 Å². The summed E-state index contributed by atoms with van der Waals surface area (Å²) in [6, 6.07) is 24.0. The van der Waals surface area contributed by atoms with Gasteiger partial charge in [0.05, 0.1) is 19.6 Å². The van der Waals surface area contributed by atoms with Gasteiger partial charge in [-0.25, -0.2) is 14.8 Å². The number of nitrogens with zero attached hydrogens (tertiary/aromatic N) is 3. The molecule has 262 valence electrons. The molecule has 1 N–H and O–H groups in total. The average molecular weight is 679 g/mol. The van der Waals surface area contributed by atoms with Crippen LogP contribution < -0.4 is 10.1 Å². The van der Waals surface area contributed by atoms with E-state index >= 15 is 0 Å². The van der Waals surface area contributed by atoms with E-state index in [-0.39, 0.29) is 37.4 Å². The zero-order valence-electron chi connectivity index (χ0n) is 28.9. The third-order valence-electron chi connectivity index (χ3n) is 8.85. The predicted molar refractivity (Wildman–Crippen MR) is 191 cm³/mol. The van der Waals surface area contributed by atoms with Crippen molar-refractivity contribution in [3.8, 4) is 28.3 Å². The van der Waals surface area contributed by atoms with E-state index in [0.717, 1.165) is 46.6 Å². The van der Waals surface area contributed by atoms with E-state index in [1.165, 1.54) is 32.8 Å². The lowest BCUT2D eigenvalue weighted by atomic mass is 10.0. The first-order valence-electron chi connectivity index (χ1n) is 17.4. The molecule has 1 fully saturated rings. The first-order chi connectivity index (χ1) is 24.4. The molecule has 2 amide bonds. The Bertz CT molecular complexity index is 1660. The summed E-state index contributed by atoms with van der Waals surface area (Å²) in [4.78, 5) is 49.4. The van der Waals surface area contributed by atoms with Crippen molar-refractivity contribution in [3.63, 3.8) is 0 Å². The van der Waals surface area contributed by atoms with Gasteiger partial charge in [0.25, 0.3) is 0 Å². The second-order valence-corrected chi connectivity index (χ2v) is 12.5. The van der Waals surface area contributed by atoms with Gasteiger partial charge in [-0.15, -0.1) is 0 Å². The van der Waals surface area contributed by atoms with Crippen LogP contribution in [0.1, 0.15) is 56.6 Å². The van der Waals surface area contributed by atoms with E-state index in [0.29, 0.717) is 18.8 Å². The molecule has 0 spiro atoms. The van der Waals surface area contributed by atoms with Crippen LogP contribution in [0.15, 0.2) is 91.3 Å². The molecule has 1 aromatic heterocycles. The summed E-state index contributed by atoms with van der Waals surface area (Å²) < 4.78 is 16.2. The lowest BCUT2D eigenvalue weighted by Crippen LogP contribution is -2.49. The molecule has 0 radical (unpaired) electrons. The van der Waals surface area contributed by atoms with Crippen molar-refractivity contribution in [2.75, 3.05) is 26.8 Å². The molecule has 10 heteroatoms. The van der Waals surface area contributed by atoms with Crippen molar-refractivity contribution in [1.82, 2.24) is 20.2 Å². The molecule has 3 aromatic carbocycles. The summed E-state index contributed by atoms with van der Waals surface area (Å²) >= 11 is 0. The minimum absolute atomic E-state index is 0.0776. The number of carbonyl (C=O) groups is 3. The van der Waals surface area contributed by atoms with Crippen LogP contribution in [0.25, 0.3) is 22.5 Å². The zero-order valence-corrected chi connectivity index (χ0v) is 28.9. The molecule has 5 rings (SSSR count). The maximum Gasteiger partial charge on any atom is 0.408 e. The summed E-state index contributed by atoms with van der Waals surface area (Å²) in [6.07, 6.45) is 9.68. The summed E-state index contributed by atoms with van der Waals surface area (Å²) in [6.45, 7) is 3.66. The number of carbonyl (C=O) groups excluding carboxylic acids is 3. The fourth-order valence-electron chi connectivity index (χ4n) is 5.94. The Kier molecular flexibility index (Phi) is 13.3. The molecule has 10 nitrogen and oxygen atoms in total. The number of hydrogen-bond donors (Lipinski definition) is 1. The Morgan fingerprint density at radius 2 is 1.54 bits per heavy atom. The standard InChI is InChI=1S/C40H46N4O6/c1-3-4-5-6-10-23-49-35-19-17-31(18-20-35)34-25-41-37(42-26-34)32-15-13-29(14-16-32)24-36(38(45)44-22-21-33(27-44)39(46)48-2)43-40(47)50-28-30-11-8-7-9-12-30/h7-9,11-20,25-26,33,36H,3-6,10,21-24,27-28H2,1-2H3,(H,43,47)/t33-,36-/m0/s1. The van der Waals surface area contributed by atoms with E-state index in [2.05, 4.69) is 22.2 Å². The molecule has 50 heavy (non-hydrogen) atoms. The van der Waals surface area contributed by atoms with Gasteiger partial charge in [0.1, 0.15) is 18.4 Å². The highest BCUT2D eigenvalue weighted by molar-refractivity contribution is 5.87. The Morgan fingerprint density at radius 3 is 2.24 bits per heavy atom. The number of likely N-dealkylation sites (tertiary alicyclic amines) is 1. The van der Waals surface area contributed by atoms with Gasteiger partial charge in [-0.3, -0.25) is 9.59 Å². The number of esters is 1. The number of methoxy groups -OCH3 is 1. The van der Waals surface area contributed by atoms with E-state index < -0.39 is 12.1 Å². The minimum atomic E-state index is -0.890. The number of benzene rings is 3. The Labute approximate surface area is 294 Å². The maximum atomic E-state index is 13.6. The minimum Gasteiger partial charge on any atom is -0.494 e. The lowest BCUT2D eigenvalue weighted by molar-refractivity contribution is -0.145. The van der Waals surface area contributed by atoms with Crippen LogP contribution in [0, 0.1) is 5.92 Å². The topological polar surface area (TPSA) is 120 Å². The van der Waals surface area contributed by atoms with E-state index in [4.69, 9.17) is 14.2 Å². The average Bonchev–Trinajstić information content (AvgIpc) is 3.66. The molecular formula is C40H46N4O6. The molecule has 0 saturated carbocycles. The molecular weight excluding hydrogens is 632 g/mol. The molecule has 0 bridgehead atoms. The number of unbranched alkanes of at least 4 members (excludes halogenated alkanes) is 4. The number of nitrogens with one attached hydrogen (secondary N) is 1. The number of amides is 2. The van der Waals surface area contributed by atoms with Crippen molar-refractivity contribution in [1.29, 1.82) is 0 Å². The van der Waals surface area contributed by atoms with Gasteiger partial charge in [0, 0.05) is 43.0 Å². The molecule has 1 aliphatic heterocycles. The Hall–Kier alpha value is -5.25. The van der Waals surface area contributed by atoms with Crippen LogP contribution in [0.4, 0.5) is 4.79 Å². The van der Waals surface area contributed by atoms with Gasteiger partial charge in [-0.1, -0.05) is 99.3 Å². The fourth-order valence-corrected chi connectivity index (χ4v) is 5.94. The van der Waals surface area contributed by atoms with Crippen LogP contribution in [0.5, 0.6) is 5.75 Å². The van der Waals surface area contributed by atoms with Gasteiger partial charge in [-0.2, -0.15) is 0 Å². The third-order valence-corrected chi connectivity index (χ3v) is 8.85. The SMILES string of the molecule is CCCCCCCOc1ccc(-c2cnc(-c3ccc(C[C@H](NC(=O)OCc4ccccc4)C(=O)N4CC[C@H](C(=O)OC)C4)cc3)nc2)cc1. The molecule has 0 aliphatic carbocycles. The first-order valence-corrected chi connectivity index (χ1v) is 17.4. The Balaban J connectivity index is 1.19. The summed E-state index contributed by atoms with van der Waals surface area (Å²) in [5, 5.41) is 2.76. The lowest BCUT2D eigenvalue weighted by Gasteiger charge is -2.24. The van der Waals surface area contributed by atoms with Crippen LogP contribution in [-0.4, -0.2) is 65.7 Å². The van der Waals surface area contributed by atoms with E-state index in [1.54, 1.807) is 17.3 Å². The van der Waals surface area contributed by atoms with Gasteiger partial charge in [0.15, 0.2) is 5.82 Å². The number of rotatable bonds is 16. The molecule has 4 aromatic rings. The number of ether oxygens (including phenoxy) is 3. The number of aromatic nitrogens is 2. The molecule has 1 saturated heterocycles. The van der Waals surface area contributed by atoms with E-state index in [1.807, 2.05) is 78.9 Å². The van der Waals surface area contributed by atoms with Crippen LogP contribution in [0.3, 0.4) is 0 Å². The van der Waals surface area contributed by atoms with Crippen LogP contribution in [0.2, 0.25) is 0 Å². The first kappa shape index (κ1) is 36.0. The smallest absolute Gasteiger partial charge is 0.408 e. The summed E-state index contributed by atoms with van der Waals surface area (Å²) in [7, 11) is 1.34. The van der Waals surface area contributed by atoms with Gasteiger partial charge in [-0.05, 0) is 41.7 Å². The van der Waals surface area contributed by atoms with Crippen LogP contribution in [-0.2, 0) is 32.1 Å². The second kappa shape index (κ2) is 18.5. The molecule has 2 atom stereocenters. The monoisotopic (exact) mass is 678 g/mol. The Morgan fingerprint density at radius 1 is 0.840 bits per heavy atom. The van der Waals surface area contributed by atoms with Crippen molar-refractivity contribution in [2.24, 2.45) is 5.92 Å². The van der Waals surface area contributed by atoms with Gasteiger partial charge < -0.3 is 24.4 Å². The third kappa shape index (κ3) is 10.4. The maximum absolute atomic E-state index is 13.6. The van der Waals surface area contributed by atoms with Crippen molar-refractivity contribution in [3.05, 3.63) is 102 Å². The fraction of sp³-hybridized carbons (Fsp3) is 0.375. The highest BCUT2D eigenvalue weighted by Crippen LogP contribution is 2.24. The second-order valence-electron chi connectivity index (χ2n) is 12.5.